The largest absolute Gasteiger partial charge is 0.368 e. The Balaban J connectivity index is 2.25. The first-order valence-electron chi connectivity index (χ1n) is 7.42. The van der Waals surface area contributed by atoms with E-state index in [9.17, 15) is 9.59 Å². The highest BCUT2D eigenvalue weighted by molar-refractivity contribution is 5.96. The highest BCUT2D eigenvalue weighted by Gasteiger charge is 2.24. The molecule has 0 fully saturated rings. The molecule has 1 atom stereocenters. The second-order valence-corrected chi connectivity index (χ2v) is 6.47. The Morgan fingerprint density at radius 2 is 1.83 bits per heavy atom. The third-order valence-corrected chi connectivity index (χ3v) is 3.45. The van der Waals surface area contributed by atoms with Gasteiger partial charge in [-0.1, -0.05) is 30.3 Å². The summed E-state index contributed by atoms with van der Waals surface area (Å²) in [5.74, 6) is -1.04. The van der Waals surface area contributed by atoms with Crippen LogP contribution < -0.4 is 11.1 Å². The van der Waals surface area contributed by atoms with Crippen LogP contribution in [-0.4, -0.2) is 21.6 Å². The van der Waals surface area contributed by atoms with E-state index in [0.717, 1.165) is 5.69 Å². The summed E-state index contributed by atoms with van der Waals surface area (Å²) in [4.78, 5) is 24.1. The molecule has 0 spiro atoms. The SMILES string of the molecule is Cc1cc(C(=O)N[C@@H](C(N)=O)c2ccccc2)nn1C(C)(C)C. The Hall–Kier alpha value is -2.63. The summed E-state index contributed by atoms with van der Waals surface area (Å²) in [5.41, 5.74) is 6.97. The molecule has 0 bridgehead atoms. The predicted octanol–water partition coefficient (Wildman–Crippen LogP) is 1.90. The van der Waals surface area contributed by atoms with Gasteiger partial charge in [-0.15, -0.1) is 0 Å². The fourth-order valence-electron chi connectivity index (χ4n) is 2.43. The van der Waals surface area contributed by atoms with Crippen LogP contribution in [0, 0.1) is 6.92 Å². The molecule has 0 aliphatic rings. The summed E-state index contributed by atoms with van der Waals surface area (Å²) < 4.78 is 1.78. The maximum Gasteiger partial charge on any atom is 0.272 e. The first-order chi connectivity index (χ1) is 10.7. The van der Waals surface area contributed by atoms with Crippen LogP contribution in [0.4, 0.5) is 0 Å². The first-order valence-corrected chi connectivity index (χ1v) is 7.42. The van der Waals surface area contributed by atoms with Crippen LogP contribution in [0.5, 0.6) is 0 Å². The van der Waals surface area contributed by atoms with Crippen LogP contribution in [-0.2, 0) is 10.3 Å². The number of aryl methyl sites for hydroxylation is 1. The smallest absolute Gasteiger partial charge is 0.272 e. The minimum atomic E-state index is -0.885. The van der Waals surface area contributed by atoms with Crippen molar-refractivity contribution >= 4 is 11.8 Å². The topological polar surface area (TPSA) is 90.0 Å². The maximum absolute atomic E-state index is 12.4. The molecule has 3 N–H and O–H groups in total. The molecule has 0 saturated heterocycles. The van der Waals surface area contributed by atoms with E-state index < -0.39 is 17.9 Å². The second-order valence-electron chi connectivity index (χ2n) is 6.47. The number of primary amides is 1. The molecule has 0 radical (unpaired) electrons. The number of hydrogen-bond acceptors (Lipinski definition) is 3. The van der Waals surface area contributed by atoms with Gasteiger partial charge in [0.15, 0.2) is 0 Å². The van der Waals surface area contributed by atoms with Crippen molar-refractivity contribution in [2.24, 2.45) is 5.73 Å². The lowest BCUT2D eigenvalue weighted by atomic mass is 10.1. The maximum atomic E-state index is 12.4. The molecule has 2 rings (SSSR count). The van der Waals surface area contributed by atoms with Crippen LogP contribution in [0.1, 0.15) is 48.6 Å². The molecular weight excluding hydrogens is 292 g/mol. The second kappa shape index (κ2) is 6.24. The number of aromatic nitrogens is 2. The molecular formula is C17H22N4O2. The Kier molecular flexibility index (Phi) is 4.54. The number of carbonyl (C=O) groups excluding carboxylic acids is 2. The van der Waals surface area contributed by atoms with Crippen molar-refractivity contribution in [1.82, 2.24) is 15.1 Å². The lowest BCUT2D eigenvalue weighted by molar-refractivity contribution is -0.120. The van der Waals surface area contributed by atoms with Gasteiger partial charge in [-0.05, 0) is 39.3 Å². The van der Waals surface area contributed by atoms with Gasteiger partial charge in [0, 0.05) is 5.69 Å². The number of carbonyl (C=O) groups is 2. The van der Waals surface area contributed by atoms with Crippen molar-refractivity contribution in [2.45, 2.75) is 39.3 Å². The van der Waals surface area contributed by atoms with Crippen molar-refractivity contribution in [3.8, 4) is 0 Å². The molecule has 0 aliphatic heterocycles. The average molecular weight is 314 g/mol. The van der Waals surface area contributed by atoms with E-state index in [4.69, 9.17) is 5.73 Å². The molecule has 0 unspecified atom stereocenters. The van der Waals surface area contributed by atoms with Gasteiger partial charge in [-0.25, -0.2) is 0 Å². The lowest BCUT2D eigenvalue weighted by Gasteiger charge is -2.21. The minimum Gasteiger partial charge on any atom is -0.368 e. The van der Waals surface area contributed by atoms with E-state index in [1.165, 1.54) is 0 Å². The number of hydrogen-bond donors (Lipinski definition) is 2. The highest BCUT2D eigenvalue weighted by atomic mass is 16.2. The molecule has 6 nitrogen and oxygen atoms in total. The summed E-state index contributed by atoms with van der Waals surface area (Å²) in [6.07, 6.45) is 0. The number of nitrogens with zero attached hydrogens (tertiary/aromatic N) is 2. The van der Waals surface area contributed by atoms with Crippen LogP contribution in [0.2, 0.25) is 0 Å². The van der Waals surface area contributed by atoms with E-state index in [2.05, 4.69) is 10.4 Å². The predicted molar refractivity (Wildman–Crippen MR) is 87.8 cm³/mol. The quantitative estimate of drug-likeness (QED) is 0.903. The van der Waals surface area contributed by atoms with Crippen LogP contribution in [0.15, 0.2) is 36.4 Å². The average Bonchev–Trinajstić information content (AvgIpc) is 2.87. The van der Waals surface area contributed by atoms with Gasteiger partial charge < -0.3 is 11.1 Å². The first kappa shape index (κ1) is 16.7. The summed E-state index contributed by atoms with van der Waals surface area (Å²) in [5, 5.41) is 6.99. The van der Waals surface area contributed by atoms with Gasteiger partial charge in [0.25, 0.3) is 5.91 Å². The van der Waals surface area contributed by atoms with Crippen molar-refractivity contribution in [3.05, 3.63) is 53.3 Å². The third kappa shape index (κ3) is 3.77. The van der Waals surface area contributed by atoms with Gasteiger partial charge in [0.2, 0.25) is 5.91 Å². The Morgan fingerprint density at radius 3 is 2.30 bits per heavy atom. The molecule has 2 aromatic rings. The lowest BCUT2D eigenvalue weighted by Crippen LogP contribution is -2.37. The van der Waals surface area contributed by atoms with E-state index in [1.807, 2.05) is 33.8 Å². The molecule has 0 saturated carbocycles. The molecule has 1 heterocycles. The molecule has 122 valence electrons. The Bertz CT molecular complexity index is 714. The summed E-state index contributed by atoms with van der Waals surface area (Å²) in [6.45, 7) is 7.90. The number of benzene rings is 1. The molecule has 1 aromatic carbocycles. The van der Waals surface area contributed by atoms with Gasteiger partial charge in [0.05, 0.1) is 5.54 Å². The Labute approximate surface area is 135 Å². The third-order valence-electron chi connectivity index (χ3n) is 3.45. The van der Waals surface area contributed by atoms with Crippen LogP contribution >= 0.6 is 0 Å². The standard InChI is InChI=1S/C17H22N4O2/c1-11-10-13(20-21(11)17(2,3)4)16(23)19-14(15(18)22)12-8-6-5-7-9-12/h5-10,14H,1-4H3,(H2,18,22)(H,19,23)/t14-/m1/s1. The van der Waals surface area contributed by atoms with Gasteiger partial charge in [0.1, 0.15) is 11.7 Å². The number of amides is 2. The molecule has 23 heavy (non-hydrogen) atoms. The molecule has 0 aliphatic carbocycles. The molecule has 6 heteroatoms. The minimum absolute atomic E-state index is 0.231. The van der Waals surface area contributed by atoms with Crippen molar-refractivity contribution in [1.29, 1.82) is 0 Å². The summed E-state index contributed by atoms with van der Waals surface area (Å²) >= 11 is 0. The normalized spacial score (nSPS) is 12.7. The summed E-state index contributed by atoms with van der Waals surface area (Å²) in [7, 11) is 0. The number of nitrogens with one attached hydrogen (secondary N) is 1. The number of rotatable bonds is 4. The van der Waals surface area contributed by atoms with Crippen LogP contribution in [0.25, 0.3) is 0 Å². The fourth-order valence-corrected chi connectivity index (χ4v) is 2.43. The zero-order valence-electron chi connectivity index (χ0n) is 13.8. The molecule has 1 aromatic heterocycles. The fraction of sp³-hybridized carbons (Fsp3) is 0.353. The summed E-state index contributed by atoms with van der Waals surface area (Å²) in [6, 6.07) is 9.71. The van der Waals surface area contributed by atoms with Gasteiger partial charge in [-0.2, -0.15) is 5.10 Å². The van der Waals surface area contributed by atoms with Crippen LogP contribution in [0.3, 0.4) is 0 Å². The zero-order chi connectivity index (χ0) is 17.2. The van der Waals surface area contributed by atoms with Crippen molar-refractivity contribution in [2.75, 3.05) is 0 Å². The van der Waals surface area contributed by atoms with Gasteiger partial charge >= 0.3 is 0 Å². The van der Waals surface area contributed by atoms with Gasteiger partial charge in [-0.3, -0.25) is 14.3 Å². The Morgan fingerprint density at radius 1 is 1.22 bits per heavy atom. The monoisotopic (exact) mass is 314 g/mol. The van der Waals surface area contributed by atoms with E-state index in [-0.39, 0.29) is 11.2 Å². The number of nitrogens with two attached hydrogens (primary N) is 1. The van der Waals surface area contributed by atoms with E-state index >= 15 is 0 Å². The van der Waals surface area contributed by atoms with E-state index in [0.29, 0.717) is 5.56 Å². The molecule has 2 amide bonds. The van der Waals surface area contributed by atoms with Crippen molar-refractivity contribution in [3.63, 3.8) is 0 Å². The zero-order valence-corrected chi connectivity index (χ0v) is 13.8. The highest BCUT2D eigenvalue weighted by Crippen LogP contribution is 2.18. The van der Waals surface area contributed by atoms with Crippen molar-refractivity contribution < 1.29 is 9.59 Å². The van der Waals surface area contributed by atoms with E-state index in [1.54, 1.807) is 35.0 Å².